The number of carbonyl (C=O) groups is 1. The Labute approximate surface area is 182 Å². The van der Waals surface area contributed by atoms with E-state index in [4.69, 9.17) is 18.9 Å². The number of esters is 1. The van der Waals surface area contributed by atoms with Gasteiger partial charge in [-0.15, -0.1) is 0 Å². The molecule has 0 aliphatic carbocycles. The summed E-state index contributed by atoms with van der Waals surface area (Å²) in [6, 6.07) is 11.4. The molecule has 0 aliphatic rings. The molecule has 0 saturated heterocycles. The second kappa shape index (κ2) is 9.08. The van der Waals surface area contributed by atoms with Crippen molar-refractivity contribution in [3.05, 3.63) is 54.2 Å². The van der Waals surface area contributed by atoms with Crippen molar-refractivity contribution >= 4 is 22.8 Å². The maximum atomic E-state index is 12.4. The zero-order valence-electron chi connectivity index (χ0n) is 18.7. The van der Waals surface area contributed by atoms with Crippen molar-refractivity contribution in [2.75, 3.05) is 21.3 Å². The topological polar surface area (TPSA) is 66.9 Å². The first kappa shape index (κ1) is 22.2. The molecule has 0 radical (unpaired) electrons. The highest BCUT2D eigenvalue weighted by Crippen LogP contribution is 2.39. The molecule has 0 amide bonds. The van der Waals surface area contributed by atoms with Crippen LogP contribution in [-0.2, 0) is 9.53 Å². The molecule has 3 rings (SSSR count). The van der Waals surface area contributed by atoms with Crippen molar-refractivity contribution in [1.82, 2.24) is 4.98 Å². The lowest BCUT2D eigenvalue weighted by Crippen LogP contribution is -2.22. The number of fused-ring (bicyclic) bond motifs is 1. The lowest BCUT2D eigenvalue weighted by atomic mass is 9.98. The summed E-state index contributed by atoms with van der Waals surface area (Å²) in [5, 5.41) is 1.70. The van der Waals surface area contributed by atoms with Crippen molar-refractivity contribution in [3.63, 3.8) is 0 Å². The van der Waals surface area contributed by atoms with E-state index in [1.807, 2.05) is 57.2 Å². The minimum atomic E-state index is -0.583. The first-order chi connectivity index (χ1) is 14.8. The van der Waals surface area contributed by atoms with Crippen molar-refractivity contribution < 1.29 is 23.7 Å². The zero-order valence-corrected chi connectivity index (χ0v) is 18.7. The van der Waals surface area contributed by atoms with Gasteiger partial charge >= 0.3 is 5.97 Å². The highest BCUT2D eigenvalue weighted by molar-refractivity contribution is 6.00. The van der Waals surface area contributed by atoms with Gasteiger partial charge < -0.3 is 18.9 Å². The molecule has 1 aromatic heterocycles. The molecule has 6 nitrogen and oxygen atoms in total. The van der Waals surface area contributed by atoms with Crippen LogP contribution >= 0.6 is 0 Å². The maximum Gasteiger partial charge on any atom is 0.331 e. The molecule has 0 fully saturated rings. The van der Waals surface area contributed by atoms with Crippen LogP contribution < -0.4 is 14.2 Å². The molecule has 0 N–H and O–H groups in total. The number of benzene rings is 2. The molecule has 0 spiro atoms. The van der Waals surface area contributed by atoms with Gasteiger partial charge in [0.1, 0.15) is 11.4 Å². The number of hydrogen-bond donors (Lipinski definition) is 0. The minimum Gasteiger partial charge on any atom is -0.496 e. The fraction of sp³-hybridized carbons (Fsp3) is 0.280. The van der Waals surface area contributed by atoms with Crippen molar-refractivity contribution in [2.45, 2.75) is 26.4 Å². The zero-order chi connectivity index (χ0) is 22.6. The molecule has 0 unspecified atom stereocenters. The number of rotatable bonds is 6. The molecule has 0 saturated carbocycles. The molecule has 31 heavy (non-hydrogen) atoms. The molecular weight excluding hydrogens is 394 g/mol. The highest BCUT2D eigenvalue weighted by atomic mass is 16.6. The summed E-state index contributed by atoms with van der Waals surface area (Å²) >= 11 is 0. The van der Waals surface area contributed by atoms with Crippen LogP contribution in [0.3, 0.4) is 0 Å². The predicted octanol–water partition coefficient (Wildman–Crippen LogP) is 5.28. The molecule has 6 heteroatoms. The normalized spacial score (nSPS) is 11.5. The fourth-order valence-corrected chi connectivity index (χ4v) is 3.28. The molecule has 0 aliphatic heterocycles. The average molecular weight is 421 g/mol. The summed E-state index contributed by atoms with van der Waals surface area (Å²) in [4.78, 5) is 17.1. The third-order valence-electron chi connectivity index (χ3n) is 4.59. The SMILES string of the molecule is COc1cc2cnc(-c3ccccc3OC)c(/C=C/C(=O)OC(C)(C)C)c2cc1OC. The summed E-state index contributed by atoms with van der Waals surface area (Å²) in [6.45, 7) is 5.49. The van der Waals surface area contributed by atoms with Gasteiger partial charge in [0.15, 0.2) is 11.5 Å². The lowest BCUT2D eigenvalue weighted by Gasteiger charge is -2.18. The summed E-state index contributed by atoms with van der Waals surface area (Å²) in [5.41, 5.74) is 1.65. The number of carbonyl (C=O) groups excluding carboxylic acids is 1. The standard InChI is InChI=1S/C25H27NO5/c1-25(2,3)31-23(27)12-11-17-19-14-22(30-6)21(29-5)13-16(19)15-26-24(17)18-9-7-8-10-20(18)28-4/h7-15H,1-6H3/b12-11+. The summed E-state index contributed by atoms with van der Waals surface area (Å²) < 4.78 is 21.9. The van der Waals surface area contributed by atoms with Gasteiger partial charge in [0.2, 0.25) is 0 Å². The van der Waals surface area contributed by atoms with E-state index >= 15 is 0 Å². The lowest BCUT2D eigenvalue weighted by molar-refractivity contribution is -0.148. The monoisotopic (exact) mass is 421 g/mol. The van der Waals surface area contributed by atoms with E-state index in [-0.39, 0.29) is 0 Å². The summed E-state index contributed by atoms with van der Waals surface area (Å²) in [6.07, 6.45) is 4.90. The first-order valence-electron chi connectivity index (χ1n) is 9.86. The van der Waals surface area contributed by atoms with Crippen LogP contribution in [0, 0.1) is 0 Å². The van der Waals surface area contributed by atoms with Gasteiger partial charge in [-0.3, -0.25) is 4.98 Å². The Morgan fingerprint density at radius 3 is 2.23 bits per heavy atom. The van der Waals surface area contributed by atoms with Crippen LogP contribution in [-0.4, -0.2) is 37.9 Å². The van der Waals surface area contributed by atoms with Crippen LogP contribution in [0.1, 0.15) is 26.3 Å². The Hall–Kier alpha value is -3.54. The average Bonchev–Trinajstić information content (AvgIpc) is 2.75. The second-order valence-corrected chi connectivity index (χ2v) is 7.88. The van der Waals surface area contributed by atoms with E-state index in [1.165, 1.54) is 6.08 Å². The highest BCUT2D eigenvalue weighted by Gasteiger charge is 2.18. The van der Waals surface area contributed by atoms with Crippen LogP contribution in [0.4, 0.5) is 0 Å². The van der Waals surface area contributed by atoms with E-state index in [9.17, 15) is 4.79 Å². The number of para-hydroxylation sites is 1. The smallest absolute Gasteiger partial charge is 0.331 e. The summed E-state index contributed by atoms with van der Waals surface area (Å²) in [5.74, 6) is 1.43. The van der Waals surface area contributed by atoms with E-state index in [0.29, 0.717) is 22.9 Å². The second-order valence-electron chi connectivity index (χ2n) is 7.88. The van der Waals surface area contributed by atoms with E-state index in [0.717, 1.165) is 21.9 Å². The van der Waals surface area contributed by atoms with Crippen molar-refractivity contribution in [1.29, 1.82) is 0 Å². The van der Waals surface area contributed by atoms with Gasteiger partial charge in [0, 0.05) is 28.8 Å². The number of pyridine rings is 1. The van der Waals surface area contributed by atoms with E-state index in [2.05, 4.69) is 4.98 Å². The Bertz CT molecular complexity index is 1130. The Balaban J connectivity index is 2.26. The van der Waals surface area contributed by atoms with E-state index in [1.54, 1.807) is 33.6 Å². The predicted molar refractivity (Wildman–Crippen MR) is 122 cm³/mol. The van der Waals surface area contributed by atoms with Gasteiger partial charge in [-0.05, 0) is 56.5 Å². The third-order valence-corrected chi connectivity index (χ3v) is 4.59. The fourth-order valence-electron chi connectivity index (χ4n) is 3.28. The van der Waals surface area contributed by atoms with Crippen molar-refractivity contribution in [2.24, 2.45) is 0 Å². The van der Waals surface area contributed by atoms with Gasteiger partial charge in [-0.1, -0.05) is 12.1 Å². The minimum absolute atomic E-state index is 0.434. The van der Waals surface area contributed by atoms with Gasteiger partial charge in [0.05, 0.1) is 27.0 Å². The van der Waals surface area contributed by atoms with Crippen LogP contribution in [0.5, 0.6) is 17.2 Å². The Morgan fingerprint density at radius 2 is 1.58 bits per heavy atom. The molecule has 0 bridgehead atoms. The number of hydrogen-bond acceptors (Lipinski definition) is 6. The van der Waals surface area contributed by atoms with Crippen molar-refractivity contribution in [3.8, 4) is 28.5 Å². The first-order valence-corrected chi connectivity index (χ1v) is 9.86. The maximum absolute atomic E-state index is 12.4. The molecule has 2 aromatic carbocycles. The molecular formula is C25H27NO5. The molecule has 0 atom stereocenters. The van der Waals surface area contributed by atoms with Gasteiger partial charge in [0.25, 0.3) is 0 Å². The summed E-state index contributed by atoms with van der Waals surface area (Å²) in [7, 11) is 4.79. The Morgan fingerprint density at radius 1 is 0.935 bits per heavy atom. The number of aromatic nitrogens is 1. The largest absolute Gasteiger partial charge is 0.496 e. The number of ether oxygens (including phenoxy) is 4. The molecule has 3 aromatic rings. The Kier molecular flexibility index (Phi) is 6.49. The number of nitrogens with zero attached hydrogens (tertiary/aromatic N) is 1. The van der Waals surface area contributed by atoms with Crippen LogP contribution in [0.2, 0.25) is 0 Å². The van der Waals surface area contributed by atoms with Crippen LogP contribution in [0.15, 0.2) is 48.7 Å². The van der Waals surface area contributed by atoms with Gasteiger partial charge in [-0.25, -0.2) is 4.79 Å². The quantitative estimate of drug-likeness (QED) is 0.398. The molecule has 162 valence electrons. The van der Waals surface area contributed by atoms with Crippen LogP contribution in [0.25, 0.3) is 28.1 Å². The molecule has 1 heterocycles. The third kappa shape index (κ3) is 4.97. The number of methoxy groups -OCH3 is 3. The van der Waals surface area contributed by atoms with Gasteiger partial charge in [-0.2, -0.15) is 0 Å². The van der Waals surface area contributed by atoms with E-state index < -0.39 is 11.6 Å².